The molecule has 0 unspecified atom stereocenters. The maximum Gasteiger partial charge on any atom is 0.253 e. The first-order chi connectivity index (χ1) is 12.7. The Kier molecular flexibility index (Phi) is 4.79. The predicted octanol–water partition coefficient (Wildman–Crippen LogP) is 3.11. The average Bonchev–Trinajstić information content (AvgIpc) is 3.34. The number of likely N-dealkylation sites (tertiary alicyclic amines) is 1. The largest absolute Gasteiger partial charge is 0.338 e. The van der Waals surface area contributed by atoms with Gasteiger partial charge in [0.15, 0.2) is 0 Å². The van der Waals surface area contributed by atoms with Gasteiger partial charge in [0.25, 0.3) is 5.91 Å². The number of aryl methyl sites for hydroxylation is 1. The fourth-order valence-corrected chi connectivity index (χ4v) is 4.19. The molecule has 1 atom stereocenters. The van der Waals surface area contributed by atoms with Crippen molar-refractivity contribution in [2.24, 2.45) is 0 Å². The molecule has 1 fully saturated rings. The molecule has 26 heavy (non-hydrogen) atoms. The molecule has 0 spiro atoms. The van der Waals surface area contributed by atoms with Gasteiger partial charge in [-0.2, -0.15) is 0 Å². The van der Waals surface area contributed by atoms with Crippen LogP contribution in [-0.2, 0) is 6.54 Å². The lowest BCUT2D eigenvalue weighted by Crippen LogP contribution is -2.39. The van der Waals surface area contributed by atoms with E-state index in [0.717, 1.165) is 53.6 Å². The van der Waals surface area contributed by atoms with Gasteiger partial charge < -0.3 is 9.47 Å². The van der Waals surface area contributed by atoms with Crippen molar-refractivity contribution in [1.29, 1.82) is 0 Å². The summed E-state index contributed by atoms with van der Waals surface area (Å²) in [4.78, 5) is 18.9. The highest BCUT2D eigenvalue weighted by atomic mass is 32.1. The van der Waals surface area contributed by atoms with Crippen LogP contribution < -0.4 is 0 Å². The van der Waals surface area contributed by atoms with E-state index in [2.05, 4.69) is 15.2 Å². The summed E-state index contributed by atoms with van der Waals surface area (Å²) in [6.07, 6.45) is 7.57. The van der Waals surface area contributed by atoms with E-state index in [9.17, 15) is 4.79 Å². The molecule has 0 N–H and O–H groups in total. The van der Waals surface area contributed by atoms with Crippen LogP contribution in [0.15, 0.2) is 43.0 Å². The molecular formula is C19H21N5OS. The Morgan fingerprint density at radius 3 is 2.81 bits per heavy atom. The number of piperidine rings is 1. The van der Waals surface area contributed by atoms with Gasteiger partial charge in [0.2, 0.25) is 0 Å². The highest BCUT2D eigenvalue weighted by Crippen LogP contribution is 2.29. The molecule has 1 amide bonds. The van der Waals surface area contributed by atoms with Crippen molar-refractivity contribution in [3.63, 3.8) is 0 Å². The van der Waals surface area contributed by atoms with E-state index in [-0.39, 0.29) is 5.91 Å². The third kappa shape index (κ3) is 3.67. The highest BCUT2D eigenvalue weighted by molar-refractivity contribution is 7.11. The number of benzene rings is 1. The summed E-state index contributed by atoms with van der Waals surface area (Å²) >= 11 is 1.64. The first-order valence-corrected chi connectivity index (χ1v) is 9.64. The molecule has 1 saturated heterocycles. The van der Waals surface area contributed by atoms with Crippen LogP contribution in [0.5, 0.6) is 0 Å². The van der Waals surface area contributed by atoms with Crippen LogP contribution in [-0.4, -0.2) is 43.6 Å². The van der Waals surface area contributed by atoms with Gasteiger partial charge in [-0.1, -0.05) is 12.1 Å². The number of aromatic nitrogens is 4. The third-order valence-electron chi connectivity index (χ3n) is 4.72. The Bertz CT molecular complexity index is 872. The van der Waals surface area contributed by atoms with E-state index < -0.39 is 0 Å². The van der Waals surface area contributed by atoms with Gasteiger partial charge in [0, 0.05) is 43.5 Å². The molecule has 7 heteroatoms. The number of amides is 1. The lowest BCUT2D eigenvalue weighted by Gasteiger charge is -2.31. The molecule has 2 aromatic heterocycles. The van der Waals surface area contributed by atoms with Gasteiger partial charge in [-0.15, -0.1) is 21.5 Å². The van der Waals surface area contributed by atoms with Crippen molar-refractivity contribution >= 4 is 17.2 Å². The van der Waals surface area contributed by atoms with E-state index >= 15 is 0 Å². The number of nitrogens with zero attached hydrogens (tertiary/aromatic N) is 5. The summed E-state index contributed by atoms with van der Waals surface area (Å²) in [7, 11) is 0. The van der Waals surface area contributed by atoms with Gasteiger partial charge in [-0.3, -0.25) is 4.79 Å². The van der Waals surface area contributed by atoms with E-state index in [1.54, 1.807) is 23.9 Å². The van der Waals surface area contributed by atoms with Gasteiger partial charge in [0.1, 0.15) is 10.0 Å². The zero-order valence-corrected chi connectivity index (χ0v) is 15.5. The molecule has 3 aromatic rings. The zero-order chi connectivity index (χ0) is 17.9. The van der Waals surface area contributed by atoms with Crippen LogP contribution in [0.4, 0.5) is 0 Å². The van der Waals surface area contributed by atoms with Crippen LogP contribution in [0, 0.1) is 6.92 Å². The van der Waals surface area contributed by atoms with Crippen molar-refractivity contribution in [1.82, 2.24) is 24.6 Å². The standard InChI is InChI=1S/C19H21N5OS/c1-14-21-22-18(26-14)17-3-2-9-24(12-17)19(25)16-6-4-15(5-7-16)11-23-10-8-20-13-23/h4-8,10,13,17H,2-3,9,11-12H2,1H3/t17-/m1/s1. The maximum atomic E-state index is 12.9. The Labute approximate surface area is 156 Å². The van der Waals surface area contributed by atoms with Crippen LogP contribution in [0.1, 0.15) is 44.7 Å². The molecule has 134 valence electrons. The van der Waals surface area contributed by atoms with Gasteiger partial charge >= 0.3 is 0 Å². The molecule has 1 aliphatic heterocycles. The molecule has 1 aromatic carbocycles. The van der Waals surface area contributed by atoms with E-state index in [1.165, 1.54) is 0 Å². The normalized spacial score (nSPS) is 17.4. The molecular weight excluding hydrogens is 346 g/mol. The minimum atomic E-state index is 0.102. The average molecular weight is 367 g/mol. The minimum absolute atomic E-state index is 0.102. The van der Waals surface area contributed by atoms with Crippen LogP contribution >= 0.6 is 11.3 Å². The smallest absolute Gasteiger partial charge is 0.253 e. The topological polar surface area (TPSA) is 63.9 Å². The lowest BCUT2D eigenvalue weighted by atomic mass is 9.98. The third-order valence-corrected chi connectivity index (χ3v) is 5.73. The Morgan fingerprint density at radius 2 is 2.12 bits per heavy atom. The Hall–Kier alpha value is -2.54. The summed E-state index contributed by atoms with van der Waals surface area (Å²) in [5.41, 5.74) is 1.90. The number of carbonyl (C=O) groups excluding carboxylic acids is 1. The lowest BCUT2D eigenvalue weighted by molar-refractivity contribution is 0.0707. The first kappa shape index (κ1) is 16.9. The molecule has 0 bridgehead atoms. The second kappa shape index (κ2) is 7.37. The molecule has 0 radical (unpaired) electrons. The molecule has 0 aliphatic carbocycles. The number of imidazole rings is 1. The molecule has 0 saturated carbocycles. The quantitative estimate of drug-likeness (QED) is 0.711. The second-order valence-electron chi connectivity index (χ2n) is 6.68. The van der Waals surface area contributed by atoms with E-state index in [1.807, 2.05) is 46.9 Å². The summed E-state index contributed by atoms with van der Waals surface area (Å²) in [5.74, 6) is 0.407. The maximum absolute atomic E-state index is 12.9. The molecule has 1 aliphatic rings. The van der Waals surface area contributed by atoms with E-state index in [0.29, 0.717) is 5.92 Å². The van der Waals surface area contributed by atoms with Crippen LogP contribution in [0.2, 0.25) is 0 Å². The summed E-state index contributed by atoms with van der Waals surface area (Å²) in [5, 5.41) is 10.4. The van der Waals surface area contributed by atoms with Crippen molar-refractivity contribution in [3.05, 3.63) is 64.1 Å². The van der Waals surface area contributed by atoms with Crippen molar-refractivity contribution in [2.45, 2.75) is 32.2 Å². The fourth-order valence-electron chi connectivity index (χ4n) is 3.37. The van der Waals surface area contributed by atoms with Gasteiger partial charge in [0.05, 0.1) is 6.33 Å². The zero-order valence-electron chi connectivity index (χ0n) is 14.7. The minimum Gasteiger partial charge on any atom is -0.338 e. The van der Waals surface area contributed by atoms with Crippen LogP contribution in [0.3, 0.4) is 0 Å². The Balaban J connectivity index is 1.43. The SMILES string of the molecule is Cc1nnc([C@@H]2CCCN(C(=O)c3ccc(Cn4ccnc4)cc3)C2)s1. The molecule has 3 heterocycles. The highest BCUT2D eigenvalue weighted by Gasteiger charge is 2.27. The number of hydrogen-bond donors (Lipinski definition) is 0. The van der Waals surface area contributed by atoms with Crippen molar-refractivity contribution < 1.29 is 4.79 Å². The molecule has 6 nitrogen and oxygen atoms in total. The summed E-state index contributed by atoms with van der Waals surface area (Å²) in [6.45, 7) is 4.27. The first-order valence-electron chi connectivity index (χ1n) is 8.83. The summed E-state index contributed by atoms with van der Waals surface area (Å²) < 4.78 is 2.01. The number of carbonyl (C=O) groups is 1. The van der Waals surface area contributed by atoms with Crippen LogP contribution in [0.25, 0.3) is 0 Å². The van der Waals surface area contributed by atoms with Gasteiger partial charge in [-0.25, -0.2) is 4.98 Å². The molecule has 4 rings (SSSR count). The fraction of sp³-hybridized carbons (Fsp3) is 0.368. The number of rotatable bonds is 4. The van der Waals surface area contributed by atoms with Gasteiger partial charge in [-0.05, 0) is 37.5 Å². The van der Waals surface area contributed by atoms with Crippen molar-refractivity contribution in [2.75, 3.05) is 13.1 Å². The number of hydrogen-bond acceptors (Lipinski definition) is 5. The Morgan fingerprint density at radius 1 is 1.27 bits per heavy atom. The van der Waals surface area contributed by atoms with Crippen molar-refractivity contribution in [3.8, 4) is 0 Å². The van der Waals surface area contributed by atoms with E-state index in [4.69, 9.17) is 0 Å². The monoisotopic (exact) mass is 367 g/mol. The predicted molar refractivity (Wildman–Crippen MR) is 100 cm³/mol. The second-order valence-corrected chi connectivity index (χ2v) is 7.89. The summed E-state index contributed by atoms with van der Waals surface area (Å²) in [6, 6.07) is 7.88.